The monoisotopic (exact) mass is 385 g/mol. The fraction of sp³-hybridized carbons (Fsp3) is 0.667. The van der Waals surface area contributed by atoms with Crippen molar-refractivity contribution in [3.63, 3.8) is 0 Å². The van der Waals surface area contributed by atoms with Crippen molar-refractivity contribution >= 4 is 17.6 Å². The van der Waals surface area contributed by atoms with Crippen LogP contribution in [-0.2, 0) is 9.59 Å². The van der Waals surface area contributed by atoms with Crippen molar-refractivity contribution < 1.29 is 9.59 Å². The highest BCUT2D eigenvalue weighted by atomic mass is 16.2. The Morgan fingerprint density at radius 1 is 1.11 bits per heavy atom. The molecular weight excluding hydrogens is 354 g/mol. The Bertz CT molecular complexity index is 689. The van der Waals surface area contributed by atoms with Crippen LogP contribution >= 0.6 is 0 Å². The molecule has 1 aromatic rings. The molecular formula is C21H31N5O2. The van der Waals surface area contributed by atoms with E-state index in [9.17, 15) is 9.59 Å². The number of carbonyl (C=O) groups excluding carboxylic acids is 2. The lowest BCUT2D eigenvalue weighted by Crippen LogP contribution is -2.47. The first-order valence-electron chi connectivity index (χ1n) is 10.6. The lowest BCUT2D eigenvalue weighted by atomic mass is 9.78. The number of hydrogen-bond donors (Lipinski definition) is 2. The predicted octanol–water partition coefficient (Wildman–Crippen LogP) is 0.858. The number of rotatable bonds is 7. The summed E-state index contributed by atoms with van der Waals surface area (Å²) in [5.41, 5.74) is 5.58. The van der Waals surface area contributed by atoms with Gasteiger partial charge in [-0.2, -0.15) is 0 Å². The van der Waals surface area contributed by atoms with Crippen molar-refractivity contribution in [2.24, 2.45) is 29.4 Å². The van der Waals surface area contributed by atoms with Crippen LogP contribution in [0.3, 0.4) is 0 Å². The molecule has 28 heavy (non-hydrogen) atoms. The molecule has 4 atom stereocenters. The fourth-order valence-electron chi connectivity index (χ4n) is 5.45. The summed E-state index contributed by atoms with van der Waals surface area (Å²) in [5.74, 6) is 1.02. The summed E-state index contributed by atoms with van der Waals surface area (Å²) in [6.45, 7) is 5.63. The Hall–Kier alpha value is -2.15. The maximum absolute atomic E-state index is 12.7. The lowest BCUT2D eigenvalue weighted by Gasteiger charge is -2.35. The van der Waals surface area contributed by atoms with Gasteiger partial charge in [0.05, 0.1) is 11.8 Å². The molecule has 4 rings (SSSR count). The molecule has 7 nitrogen and oxygen atoms in total. The molecule has 1 saturated heterocycles. The zero-order chi connectivity index (χ0) is 19.5. The summed E-state index contributed by atoms with van der Waals surface area (Å²) >= 11 is 0. The van der Waals surface area contributed by atoms with Gasteiger partial charge in [-0.25, -0.2) is 4.98 Å². The van der Waals surface area contributed by atoms with Crippen molar-refractivity contribution in [1.29, 1.82) is 0 Å². The molecule has 2 amide bonds. The summed E-state index contributed by atoms with van der Waals surface area (Å²) in [6, 6.07) is 6.02. The smallest absolute Gasteiger partial charge is 0.224 e. The number of carbonyl (C=O) groups is 2. The first kappa shape index (κ1) is 19.2. The number of fused-ring (bicyclic) bond motifs is 2. The number of piperazine rings is 1. The quantitative estimate of drug-likeness (QED) is 0.679. The molecule has 152 valence electrons. The Morgan fingerprint density at radius 3 is 2.54 bits per heavy atom. The summed E-state index contributed by atoms with van der Waals surface area (Å²) in [5, 5.41) is 3.07. The molecule has 3 N–H and O–H groups in total. The first-order valence-corrected chi connectivity index (χ1v) is 10.6. The van der Waals surface area contributed by atoms with E-state index in [0.29, 0.717) is 18.4 Å². The van der Waals surface area contributed by atoms with E-state index in [4.69, 9.17) is 5.73 Å². The number of aromatic nitrogens is 1. The number of nitrogens with one attached hydrogen (secondary N) is 1. The van der Waals surface area contributed by atoms with Gasteiger partial charge in [-0.05, 0) is 56.2 Å². The van der Waals surface area contributed by atoms with Crippen molar-refractivity contribution in [3.8, 4) is 0 Å². The third-order valence-electron chi connectivity index (χ3n) is 6.84. The lowest BCUT2D eigenvalue weighted by molar-refractivity contribution is -0.135. The van der Waals surface area contributed by atoms with Crippen LogP contribution in [0.25, 0.3) is 0 Å². The molecule has 0 aromatic carbocycles. The average molecular weight is 386 g/mol. The largest absolute Gasteiger partial charge is 0.369 e. The van der Waals surface area contributed by atoms with Crippen LogP contribution in [0.15, 0.2) is 24.4 Å². The minimum Gasteiger partial charge on any atom is -0.369 e. The minimum absolute atomic E-state index is 0.0379. The second-order valence-corrected chi connectivity index (χ2v) is 8.45. The molecule has 4 unspecified atom stereocenters. The minimum atomic E-state index is -0.293. The van der Waals surface area contributed by atoms with Crippen LogP contribution in [0, 0.1) is 23.7 Å². The molecule has 1 aromatic heterocycles. The van der Waals surface area contributed by atoms with E-state index in [0.717, 1.165) is 64.2 Å². The van der Waals surface area contributed by atoms with Gasteiger partial charge in [0.25, 0.3) is 0 Å². The van der Waals surface area contributed by atoms with Gasteiger partial charge in [-0.1, -0.05) is 6.07 Å². The number of primary amides is 1. The highest BCUT2D eigenvalue weighted by molar-refractivity contribution is 5.88. The number of hydrogen-bond acceptors (Lipinski definition) is 5. The molecule has 7 heteroatoms. The molecule has 2 saturated carbocycles. The van der Waals surface area contributed by atoms with E-state index < -0.39 is 0 Å². The second-order valence-electron chi connectivity index (χ2n) is 8.45. The molecule has 0 spiro atoms. The molecule has 2 aliphatic carbocycles. The van der Waals surface area contributed by atoms with E-state index >= 15 is 0 Å². The normalized spacial score (nSPS) is 29.8. The second kappa shape index (κ2) is 8.47. The number of anilines is 1. The Labute approximate surface area is 166 Å². The van der Waals surface area contributed by atoms with Crippen LogP contribution in [0.1, 0.15) is 25.7 Å². The third-order valence-corrected chi connectivity index (χ3v) is 6.84. The summed E-state index contributed by atoms with van der Waals surface area (Å²) < 4.78 is 0. The standard InChI is InChI=1S/C21H31N5O2/c22-20(27)18-15-5-6-16(14-15)19(18)21(28)24-8-3-9-25-10-12-26(13-11-25)17-4-1-2-7-23-17/h1-2,4,7,15-16,18-19H,3,5-6,8-14H2,(H2,22,27)(H,24,28). The third kappa shape index (κ3) is 3.99. The van der Waals surface area contributed by atoms with Gasteiger partial charge < -0.3 is 16.0 Å². The zero-order valence-electron chi connectivity index (χ0n) is 16.4. The summed E-state index contributed by atoms with van der Waals surface area (Å²) in [6.07, 6.45) is 5.87. The van der Waals surface area contributed by atoms with Crippen LogP contribution < -0.4 is 16.0 Å². The number of pyridine rings is 1. The molecule has 3 fully saturated rings. The molecule has 2 heterocycles. The van der Waals surface area contributed by atoms with Gasteiger partial charge in [0.2, 0.25) is 11.8 Å². The Morgan fingerprint density at radius 2 is 1.86 bits per heavy atom. The maximum Gasteiger partial charge on any atom is 0.224 e. The van der Waals surface area contributed by atoms with Crippen molar-refractivity contribution in [3.05, 3.63) is 24.4 Å². The van der Waals surface area contributed by atoms with Gasteiger partial charge in [0.1, 0.15) is 5.82 Å². The summed E-state index contributed by atoms with van der Waals surface area (Å²) in [7, 11) is 0. The average Bonchev–Trinajstić information content (AvgIpc) is 3.34. The number of nitrogens with two attached hydrogens (primary N) is 1. The highest BCUT2D eigenvalue weighted by Gasteiger charge is 2.53. The molecule has 2 bridgehead atoms. The predicted molar refractivity (Wildman–Crippen MR) is 108 cm³/mol. The molecule has 1 aliphatic heterocycles. The molecule has 0 radical (unpaired) electrons. The summed E-state index contributed by atoms with van der Waals surface area (Å²) in [4.78, 5) is 33.6. The highest BCUT2D eigenvalue weighted by Crippen LogP contribution is 2.52. The topological polar surface area (TPSA) is 91.6 Å². The maximum atomic E-state index is 12.7. The van der Waals surface area contributed by atoms with E-state index in [1.807, 2.05) is 18.3 Å². The van der Waals surface area contributed by atoms with Gasteiger partial charge in [-0.3, -0.25) is 14.5 Å². The zero-order valence-corrected chi connectivity index (χ0v) is 16.4. The fourth-order valence-corrected chi connectivity index (χ4v) is 5.45. The van der Waals surface area contributed by atoms with E-state index in [1.54, 1.807) is 0 Å². The van der Waals surface area contributed by atoms with Gasteiger partial charge in [0.15, 0.2) is 0 Å². The SMILES string of the molecule is NC(=O)C1C2CCC(C2)C1C(=O)NCCCN1CCN(c2ccccn2)CC1. The van der Waals surface area contributed by atoms with E-state index in [-0.39, 0.29) is 23.7 Å². The number of nitrogens with zero attached hydrogens (tertiary/aromatic N) is 3. The molecule has 3 aliphatic rings. The van der Waals surface area contributed by atoms with E-state index in [1.165, 1.54) is 0 Å². The Balaban J connectivity index is 1.16. The van der Waals surface area contributed by atoms with Crippen LogP contribution in [0.5, 0.6) is 0 Å². The van der Waals surface area contributed by atoms with Gasteiger partial charge in [-0.15, -0.1) is 0 Å². The Kier molecular flexibility index (Phi) is 5.80. The van der Waals surface area contributed by atoms with Gasteiger partial charge >= 0.3 is 0 Å². The van der Waals surface area contributed by atoms with Crippen molar-refractivity contribution in [2.45, 2.75) is 25.7 Å². The van der Waals surface area contributed by atoms with Crippen LogP contribution in [-0.4, -0.2) is 61.0 Å². The van der Waals surface area contributed by atoms with Crippen molar-refractivity contribution in [1.82, 2.24) is 15.2 Å². The van der Waals surface area contributed by atoms with Crippen LogP contribution in [0.4, 0.5) is 5.82 Å². The first-order chi connectivity index (χ1) is 13.6. The number of amides is 2. The van der Waals surface area contributed by atoms with Crippen molar-refractivity contribution in [2.75, 3.05) is 44.2 Å². The van der Waals surface area contributed by atoms with Crippen LogP contribution in [0.2, 0.25) is 0 Å². The van der Waals surface area contributed by atoms with E-state index in [2.05, 4.69) is 26.2 Å². The van der Waals surface area contributed by atoms with Gasteiger partial charge in [0, 0.05) is 38.9 Å².